The lowest BCUT2D eigenvalue weighted by atomic mass is 10.1. The molecule has 1 fully saturated rings. The van der Waals surface area contributed by atoms with Crippen molar-refractivity contribution in [2.24, 2.45) is 5.92 Å². The summed E-state index contributed by atoms with van der Waals surface area (Å²) in [7, 11) is 3.82. The van der Waals surface area contributed by atoms with Crippen LogP contribution in [-0.4, -0.2) is 51.8 Å². The summed E-state index contributed by atoms with van der Waals surface area (Å²) in [5, 5.41) is 3.26. The van der Waals surface area contributed by atoms with E-state index < -0.39 is 0 Å². The van der Waals surface area contributed by atoms with Gasteiger partial charge in [-0.25, -0.2) is 0 Å². The van der Waals surface area contributed by atoms with Gasteiger partial charge in [-0.1, -0.05) is 0 Å². The van der Waals surface area contributed by atoms with Crippen molar-refractivity contribution in [1.29, 1.82) is 0 Å². The first kappa shape index (κ1) is 12.0. The summed E-state index contributed by atoms with van der Waals surface area (Å²) in [6.07, 6.45) is 3.84. The first-order valence-electron chi connectivity index (χ1n) is 5.72. The van der Waals surface area contributed by atoms with E-state index in [1.165, 1.54) is 45.4 Å². The Bertz CT molecular complexity index is 141. The van der Waals surface area contributed by atoms with Gasteiger partial charge in [-0.05, 0) is 51.9 Å². The molecule has 0 spiro atoms. The van der Waals surface area contributed by atoms with Gasteiger partial charge in [0, 0.05) is 20.3 Å². The summed E-state index contributed by atoms with van der Waals surface area (Å²) >= 11 is 0. The van der Waals surface area contributed by atoms with E-state index in [0.29, 0.717) is 0 Å². The first-order valence-corrected chi connectivity index (χ1v) is 5.72. The van der Waals surface area contributed by atoms with Crippen LogP contribution in [0.15, 0.2) is 0 Å². The van der Waals surface area contributed by atoms with Crippen LogP contribution < -0.4 is 5.32 Å². The minimum Gasteiger partial charge on any atom is -0.385 e. The largest absolute Gasteiger partial charge is 0.385 e. The Kier molecular flexibility index (Phi) is 6.15. The molecule has 1 rings (SSSR count). The molecule has 0 aliphatic carbocycles. The standard InChI is InChI=1S/C11H24N2O/c1-12-9-11-5-7-13(10-11)6-3-4-8-14-2/h11-12H,3-10H2,1-2H3. The highest BCUT2D eigenvalue weighted by atomic mass is 16.5. The number of nitrogens with zero attached hydrogens (tertiary/aromatic N) is 1. The van der Waals surface area contributed by atoms with E-state index >= 15 is 0 Å². The van der Waals surface area contributed by atoms with Gasteiger partial charge >= 0.3 is 0 Å². The molecule has 1 atom stereocenters. The van der Waals surface area contributed by atoms with Crippen molar-refractivity contribution in [3.8, 4) is 0 Å². The Morgan fingerprint density at radius 3 is 3.00 bits per heavy atom. The third kappa shape index (κ3) is 4.40. The molecule has 0 aromatic carbocycles. The quantitative estimate of drug-likeness (QED) is 0.619. The second-order valence-corrected chi connectivity index (χ2v) is 4.21. The highest BCUT2D eigenvalue weighted by Gasteiger charge is 2.20. The summed E-state index contributed by atoms with van der Waals surface area (Å²) in [5.41, 5.74) is 0. The van der Waals surface area contributed by atoms with E-state index in [1.54, 1.807) is 7.11 Å². The van der Waals surface area contributed by atoms with Crippen molar-refractivity contribution in [2.45, 2.75) is 19.3 Å². The van der Waals surface area contributed by atoms with Crippen LogP contribution in [0.2, 0.25) is 0 Å². The minimum atomic E-state index is 0.877. The molecule has 1 aliphatic heterocycles. The molecule has 1 unspecified atom stereocenters. The number of ether oxygens (including phenoxy) is 1. The lowest BCUT2D eigenvalue weighted by Gasteiger charge is -2.15. The predicted octanol–water partition coefficient (Wildman–Crippen LogP) is 0.954. The van der Waals surface area contributed by atoms with Gasteiger partial charge in [-0.2, -0.15) is 0 Å². The van der Waals surface area contributed by atoms with Crippen LogP contribution in [-0.2, 0) is 4.74 Å². The lowest BCUT2D eigenvalue weighted by Crippen LogP contribution is -2.25. The van der Waals surface area contributed by atoms with Gasteiger partial charge in [-0.15, -0.1) is 0 Å². The zero-order chi connectivity index (χ0) is 10.2. The molecular weight excluding hydrogens is 176 g/mol. The van der Waals surface area contributed by atoms with E-state index in [4.69, 9.17) is 4.74 Å². The summed E-state index contributed by atoms with van der Waals surface area (Å²) in [4.78, 5) is 2.58. The summed E-state index contributed by atoms with van der Waals surface area (Å²) in [6.45, 7) is 5.92. The normalized spacial score (nSPS) is 23.1. The van der Waals surface area contributed by atoms with Crippen LogP contribution in [0.3, 0.4) is 0 Å². The van der Waals surface area contributed by atoms with Gasteiger partial charge in [0.1, 0.15) is 0 Å². The Morgan fingerprint density at radius 2 is 2.29 bits per heavy atom. The van der Waals surface area contributed by atoms with Crippen LogP contribution in [0.5, 0.6) is 0 Å². The topological polar surface area (TPSA) is 24.5 Å². The molecule has 0 amide bonds. The zero-order valence-electron chi connectivity index (χ0n) is 9.59. The van der Waals surface area contributed by atoms with Crippen LogP contribution >= 0.6 is 0 Å². The number of nitrogens with one attached hydrogen (secondary N) is 1. The first-order chi connectivity index (χ1) is 6.86. The third-order valence-electron chi connectivity index (χ3n) is 2.94. The molecular formula is C11H24N2O. The number of hydrogen-bond acceptors (Lipinski definition) is 3. The minimum absolute atomic E-state index is 0.877. The van der Waals surface area contributed by atoms with Crippen LogP contribution in [0, 0.1) is 5.92 Å². The van der Waals surface area contributed by atoms with Crippen molar-refractivity contribution < 1.29 is 4.74 Å². The van der Waals surface area contributed by atoms with Crippen molar-refractivity contribution in [1.82, 2.24) is 10.2 Å². The number of likely N-dealkylation sites (tertiary alicyclic amines) is 1. The van der Waals surface area contributed by atoms with Gasteiger partial charge in [0.05, 0.1) is 0 Å². The molecule has 1 saturated heterocycles. The molecule has 14 heavy (non-hydrogen) atoms. The van der Waals surface area contributed by atoms with Gasteiger partial charge in [0.15, 0.2) is 0 Å². The van der Waals surface area contributed by atoms with Gasteiger partial charge in [0.2, 0.25) is 0 Å². The van der Waals surface area contributed by atoms with Crippen LogP contribution in [0.4, 0.5) is 0 Å². The van der Waals surface area contributed by atoms with Crippen LogP contribution in [0.1, 0.15) is 19.3 Å². The molecule has 0 aromatic heterocycles. The lowest BCUT2D eigenvalue weighted by molar-refractivity contribution is 0.186. The fourth-order valence-corrected chi connectivity index (χ4v) is 2.15. The van der Waals surface area contributed by atoms with Gasteiger partial charge in [-0.3, -0.25) is 0 Å². The number of unbranched alkanes of at least 4 members (excludes halogenated alkanes) is 1. The molecule has 0 bridgehead atoms. The molecule has 0 radical (unpaired) electrons. The van der Waals surface area contributed by atoms with E-state index in [-0.39, 0.29) is 0 Å². The van der Waals surface area contributed by atoms with Crippen molar-refractivity contribution in [3.05, 3.63) is 0 Å². The van der Waals surface area contributed by atoms with Crippen LogP contribution in [0.25, 0.3) is 0 Å². The van der Waals surface area contributed by atoms with Gasteiger partial charge < -0.3 is 15.0 Å². The molecule has 3 heteroatoms. The third-order valence-corrected chi connectivity index (χ3v) is 2.94. The molecule has 0 aromatic rings. The molecule has 84 valence electrons. The monoisotopic (exact) mass is 200 g/mol. The van der Waals surface area contributed by atoms with Crippen molar-refractivity contribution in [3.63, 3.8) is 0 Å². The molecule has 1 N–H and O–H groups in total. The fraction of sp³-hybridized carbons (Fsp3) is 1.00. The second kappa shape index (κ2) is 7.21. The van der Waals surface area contributed by atoms with E-state index in [1.807, 2.05) is 7.05 Å². The second-order valence-electron chi connectivity index (χ2n) is 4.21. The van der Waals surface area contributed by atoms with E-state index in [9.17, 15) is 0 Å². The molecule has 0 saturated carbocycles. The number of rotatable bonds is 7. The zero-order valence-corrected chi connectivity index (χ0v) is 9.59. The Hall–Kier alpha value is -0.120. The molecule has 1 aliphatic rings. The number of methoxy groups -OCH3 is 1. The van der Waals surface area contributed by atoms with E-state index in [2.05, 4.69) is 10.2 Å². The fourth-order valence-electron chi connectivity index (χ4n) is 2.15. The average molecular weight is 200 g/mol. The highest BCUT2D eigenvalue weighted by molar-refractivity contribution is 4.76. The van der Waals surface area contributed by atoms with E-state index in [0.717, 1.165) is 12.5 Å². The summed E-state index contributed by atoms with van der Waals surface area (Å²) < 4.78 is 5.04. The Labute approximate surface area is 87.8 Å². The smallest absolute Gasteiger partial charge is 0.0462 e. The highest BCUT2D eigenvalue weighted by Crippen LogP contribution is 2.15. The number of hydrogen-bond donors (Lipinski definition) is 1. The maximum Gasteiger partial charge on any atom is 0.0462 e. The summed E-state index contributed by atoms with van der Waals surface area (Å²) in [6, 6.07) is 0. The van der Waals surface area contributed by atoms with Crippen molar-refractivity contribution >= 4 is 0 Å². The molecule has 3 nitrogen and oxygen atoms in total. The molecule has 1 heterocycles. The Balaban J connectivity index is 1.98. The SMILES string of the molecule is CNCC1CCN(CCCCOC)C1. The summed E-state index contributed by atoms with van der Waals surface area (Å²) in [5.74, 6) is 0.877. The maximum absolute atomic E-state index is 5.04. The average Bonchev–Trinajstić information content (AvgIpc) is 2.61. The predicted molar refractivity (Wildman–Crippen MR) is 59.6 cm³/mol. The van der Waals surface area contributed by atoms with Crippen molar-refractivity contribution in [2.75, 3.05) is 46.9 Å². The van der Waals surface area contributed by atoms with Gasteiger partial charge in [0.25, 0.3) is 0 Å². The Morgan fingerprint density at radius 1 is 1.43 bits per heavy atom. The maximum atomic E-state index is 5.04.